The maximum atomic E-state index is 13.2. The summed E-state index contributed by atoms with van der Waals surface area (Å²) in [7, 11) is 0. The van der Waals surface area contributed by atoms with Gasteiger partial charge in [-0.1, -0.05) is 18.9 Å². The Kier molecular flexibility index (Phi) is 8.05. The number of alkyl halides is 3. The van der Waals surface area contributed by atoms with Crippen LogP contribution in [0.1, 0.15) is 47.3 Å². The Morgan fingerprint density at radius 1 is 1.00 bits per heavy atom. The summed E-state index contributed by atoms with van der Waals surface area (Å²) in [6.45, 7) is 2.50. The Morgan fingerprint density at radius 3 is 2.29 bits per heavy atom. The molecular formula is C26H31F3N4O2. The van der Waals surface area contributed by atoms with Gasteiger partial charge in [0.15, 0.2) is 0 Å². The Morgan fingerprint density at radius 2 is 1.69 bits per heavy atom. The van der Waals surface area contributed by atoms with E-state index in [-0.39, 0.29) is 23.4 Å². The van der Waals surface area contributed by atoms with Gasteiger partial charge in [0.1, 0.15) is 0 Å². The van der Waals surface area contributed by atoms with Crippen LogP contribution in [0.3, 0.4) is 0 Å². The van der Waals surface area contributed by atoms with Crippen LogP contribution in [0, 0.1) is 5.92 Å². The third kappa shape index (κ3) is 6.39. The van der Waals surface area contributed by atoms with Crippen molar-refractivity contribution < 1.29 is 22.8 Å². The van der Waals surface area contributed by atoms with E-state index < -0.39 is 11.7 Å². The predicted molar refractivity (Wildman–Crippen MR) is 126 cm³/mol. The van der Waals surface area contributed by atoms with Gasteiger partial charge in [-0.3, -0.25) is 19.5 Å². The second-order valence-corrected chi connectivity index (χ2v) is 9.25. The van der Waals surface area contributed by atoms with Gasteiger partial charge in [0.05, 0.1) is 11.6 Å². The number of amides is 2. The van der Waals surface area contributed by atoms with E-state index in [4.69, 9.17) is 0 Å². The van der Waals surface area contributed by atoms with Crippen molar-refractivity contribution in [3.05, 3.63) is 65.5 Å². The van der Waals surface area contributed by atoms with Gasteiger partial charge in [0.2, 0.25) is 5.91 Å². The highest BCUT2D eigenvalue weighted by atomic mass is 19.4. The summed E-state index contributed by atoms with van der Waals surface area (Å²) in [5, 5.41) is 3.09. The van der Waals surface area contributed by atoms with E-state index in [1.54, 1.807) is 11.1 Å². The molecule has 1 N–H and O–H groups in total. The SMILES string of the molecule is O=C(NCCc1ccccn1)[C@H](C1CCCC1)N1CCN(C(=O)c2ccc(C(F)(F)F)cc2)CC1. The van der Waals surface area contributed by atoms with E-state index in [1.807, 2.05) is 18.2 Å². The van der Waals surface area contributed by atoms with Gasteiger partial charge in [0.25, 0.3) is 5.91 Å². The fourth-order valence-electron chi connectivity index (χ4n) is 5.10. The molecule has 1 atom stereocenters. The summed E-state index contributed by atoms with van der Waals surface area (Å²) in [6.07, 6.45) is 2.25. The highest BCUT2D eigenvalue weighted by Gasteiger charge is 2.37. The number of rotatable bonds is 7. The van der Waals surface area contributed by atoms with E-state index in [1.165, 1.54) is 12.1 Å². The fourth-order valence-corrected chi connectivity index (χ4v) is 5.10. The number of carbonyl (C=O) groups excluding carboxylic acids is 2. The van der Waals surface area contributed by atoms with Crippen molar-refractivity contribution in [1.29, 1.82) is 0 Å². The van der Waals surface area contributed by atoms with E-state index >= 15 is 0 Å². The third-order valence-corrected chi connectivity index (χ3v) is 6.98. The molecular weight excluding hydrogens is 457 g/mol. The molecule has 35 heavy (non-hydrogen) atoms. The molecule has 6 nitrogen and oxygen atoms in total. The fraction of sp³-hybridized carbons (Fsp3) is 0.500. The Balaban J connectivity index is 1.34. The maximum absolute atomic E-state index is 13.2. The summed E-state index contributed by atoms with van der Waals surface area (Å²) in [5.74, 6) is 0.0352. The largest absolute Gasteiger partial charge is 0.416 e. The molecule has 2 amide bonds. The second kappa shape index (κ2) is 11.2. The van der Waals surface area contributed by atoms with E-state index in [9.17, 15) is 22.8 Å². The number of hydrogen-bond donors (Lipinski definition) is 1. The lowest BCUT2D eigenvalue weighted by Gasteiger charge is -2.40. The van der Waals surface area contributed by atoms with Crippen molar-refractivity contribution in [3.8, 4) is 0 Å². The molecule has 0 bridgehead atoms. The van der Waals surface area contributed by atoms with Crippen molar-refractivity contribution in [2.45, 2.75) is 44.3 Å². The minimum atomic E-state index is -4.43. The van der Waals surface area contributed by atoms with Crippen molar-refractivity contribution in [2.75, 3.05) is 32.7 Å². The summed E-state index contributed by atoms with van der Waals surface area (Å²) in [4.78, 5) is 34.2. The minimum absolute atomic E-state index is 0.0235. The molecule has 188 valence electrons. The van der Waals surface area contributed by atoms with Crippen LogP contribution in [-0.2, 0) is 17.4 Å². The number of benzene rings is 1. The lowest BCUT2D eigenvalue weighted by Crippen LogP contribution is -2.58. The van der Waals surface area contributed by atoms with Crippen molar-refractivity contribution in [3.63, 3.8) is 0 Å². The van der Waals surface area contributed by atoms with Crippen molar-refractivity contribution in [1.82, 2.24) is 20.1 Å². The molecule has 1 aromatic heterocycles. The van der Waals surface area contributed by atoms with E-state index in [2.05, 4.69) is 15.2 Å². The molecule has 1 aromatic carbocycles. The van der Waals surface area contributed by atoms with Gasteiger partial charge in [-0.2, -0.15) is 13.2 Å². The van der Waals surface area contributed by atoms with Crippen LogP contribution >= 0.6 is 0 Å². The molecule has 1 saturated carbocycles. The lowest BCUT2D eigenvalue weighted by molar-refractivity contribution is -0.137. The topological polar surface area (TPSA) is 65.5 Å². The standard InChI is InChI=1S/C26H31F3N4O2/c27-26(28,29)21-10-8-20(9-11-21)25(35)33-17-15-32(16-18-33)23(19-5-1-2-6-19)24(34)31-14-12-22-7-3-4-13-30-22/h3-4,7-11,13,19,23H,1-2,5-6,12,14-18H2,(H,31,34)/t23-/m0/s1. The van der Waals surface area contributed by atoms with Crippen LogP contribution in [0.2, 0.25) is 0 Å². The van der Waals surface area contributed by atoms with E-state index in [0.717, 1.165) is 43.5 Å². The lowest BCUT2D eigenvalue weighted by atomic mass is 9.95. The number of hydrogen-bond acceptors (Lipinski definition) is 4. The highest BCUT2D eigenvalue weighted by molar-refractivity contribution is 5.94. The van der Waals surface area contributed by atoms with Crippen LogP contribution in [0.5, 0.6) is 0 Å². The number of carbonyl (C=O) groups is 2. The number of halogens is 3. The predicted octanol–water partition coefficient (Wildman–Crippen LogP) is 3.78. The summed E-state index contributed by atoms with van der Waals surface area (Å²) in [5.41, 5.74) is 0.402. The van der Waals surface area contributed by atoms with Gasteiger partial charge in [-0.15, -0.1) is 0 Å². The van der Waals surface area contributed by atoms with Crippen molar-refractivity contribution in [2.24, 2.45) is 5.92 Å². The molecule has 2 aromatic rings. The van der Waals surface area contributed by atoms with Gasteiger partial charge in [-0.05, 0) is 55.2 Å². The third-order valence-electron chi connectivity index (χ3n) is 6.98. The molecule has 0 spiro atoms. The maximum Gasteiger partial charge on any atom is 0.416 e. The monoisotopic (exact) mass is 488 g/mol. The first-order chi connectivity index (χ1) is 16.8. The van der Waals surface area contributed by atoms with E-state index in [0.29, 0.717) is 45.1 Å². The van der Waals surface area contributed by atoms with Crippen LogP contribution < -0.4 is 5.32 Å². The molecule has 1 saturated heterocycles. The minimum Gasteiger partial charge on any atom is -0.354 e. The summed E-state index contributed by atoms with van der Waals surface area (Å²) < 4.78 is 38.4. The molecule has 0 radical (unpaired) electrons. The Hall–Kier alpha value is -2.94. The quantitative estimate of drug-likeness (QED) is 0.645. The van der Waals surface area contributed by atoms with Gasteiger partial charge < -0.3 is 10.2 Å². The van der Waals surface area contributed by atoms with Crippen LogP contribution in [0.25, 0.3) is 0 Å². The molecule has 9 heteroatoms. The second-order valence-electron chi connectivity index (χ2n) is 9.25. The average Bonchev–Trinajstić information content (AvgIpc) is 3.39. The first kappa shape index (κ1) is 25.2. The van der Waals surface area contributed by atoms with Crippen LogP contribution in [-0.4, -0.2) is 65.4 Å². The molecule has 2 fully saturated rings. The number of piperazine rings is 1. The molecule has 2 aliphatic rings. The molecule has 1 aliphatic carbocycles. The first-order valence-corrected chi connectivity index (χ1v) is 12.2. The smallest absolute Gasteiger partial charge is 0.354 e. The zero-order valence-corrected chi connectivity index (χ0v) is 19.6. The number of nitrogens with zero attached hydrogens (tertiary/aromatic N) is 3. The van der Waals surface area contributed by atoms with Crippen molar-refractivity contribution >= 4 is 11.8 Å². The van der Waals surface area contributed by atoms with Gasteiger partial charge in [0, 0.05) is 56.6 Å². The number of aromatic nitrogens is 1. The van der Waals surface area contributed by atoms with Gasteiger partial charge >= 0.3 is 6.18 Å². The molecule has 1 aliphatic heterocycles. The highest BCUT2D eigenvalue weighted by Crippen LogP contribution is 2.32. The number of nitrogens with one attached hydrogen (secondary N) is 1. The normalized spacial score (nSPS) is 18.4. The zero-order valence-electron chi connectivity index (χ0n) is 19.6. The summed E-state index contributed by atoms with van der Waals surface area (Å²) in [6, 6.07) is 9.83. The Bertz CT molecular complexity index is 984. The average molecular weight is 489 g/mol. The summed E-state index contributed by atoms with van der Waals surface area (Å²) >= 11 is 0. The van der Waals surface area contributed by atoms with Gasteiger partial charge in [-0.25, -0.2) is 0 Å². The van der Waals surface area contributed by atoms with Crippen LogP contribution in [0.15, 0.2) is 48.7 Å². The Labute approximate surface area is 203 Å². The van der Waals surface area contributed by atoms with Crippen LogP contribution in [0.4, 0.5) is 13.2 Å². The zero-order chi connectivity index (χ0) is 24.8. The molecule has 4 rings (SSSR count). The molecule has 2 heterocycles. The first-order valence-electron chi connectivity index (χ1n) is 12.2. The number of pyridine rings is 1. The molecule has 0 unspecified atom stereocenters.